The van der Waals surface area contributed by atoms with Crippen LogP contribution < -0.4 is 5.32 Å². The minimum absolute atomic E-state index is 0.174. The van der Waals surface area contributed by atoms with Crippen molar-refractivity contribution in [1.29, 1.82) is 0 Å². The zero-order chi connectivity index (χ0) is 15.0. The van der Waals surface area contributed by atoms with Gasteiger partial charge in [0.1, 0.15) is 6.04 Å². The first-order valence-electron chi connectivity index (χ1n) is 6.68. The summed E-state index contributed by atoms with van der Waals surface area (Å²) in [6, 6.07) is 6.85. The van der Waals surface area contributed by atoms with Crippen LogP contribution in [0, 0.1) is 0 Å². The van der Waals surface area contributed by atoms with Crippen LogP contribution in [-0.4, -0.2) is 28.2 Å². The number of hydrogen-bond donors (Lipinski definition) is 2. The van der Waals surface area contributed by atoms with Gasteiger partial charge in [-0.15, -0.1) is 0 Å². The molecule has 0 spiro atoms. The summed E-state index contributed by atoms with van der Waals surface area (Å²) in [6.45, 7) is 1.40. The molecule has 0 saturated carbocycles. The lowest BCUT2D eigenvalue weighted by atomic mass is 9.89. The molecule has 2 aromatic rings. The molecule has 0 radical (unpaired) electrons. The number of carboxylic acids is 1. The van der Waals surface area contributed by atoms with Crippen LogP contribution in [0.3, 0.4) is 0 Å². The fraction of sp³-hybridized carbons (Fsp3) is 0.267. The number of amides is 1. The van der Waals surface area contributed by atoms with E-state index < -0.39 is 17.9 Å². The number of aliphatic carboxylic acids is 1. The minimum Gasteiger partial charge on any atom is -0.480 e. The highest BCUT2D eigenvalue weighted by atomic mass is 16.5. The lowest BCUT2D eigenvalue weighted by Crippen LogP contribution is -2.38. The van der Waals surface area contributed by atoms with Crippen molar-refractivity contribution in [2.75, 3.05) is 0 Å². The smallest absolute Gasteiger partial charge is 0.325 e. The van der Waals surface area contributed by atoms with Crippen molar-refractivity contribution in [3.8, 4) is 11.3 Å². The van der Waals surface area contributed by atoms with Crippen LogP contribution in [0.25, 0.3) is 11.3 Å². The second-order valence-corrected chi connectivity index (χ2v) is 5.03. The van der Waals surface area contributed by atoms with Crippen LogP contribution in [0.2, 0.25) is 0 Å². The molecule has 1 atom stereocenters. The molecule has 1 aliphatic rings. The molecule has 3 rings (SSSR count). The van der Waals surface area contributed by atoms with Crippen LogP contribution in [0.5, 0.6) is 0 Å². The number of aromatic nitrogens is 1. The zero-order valence-electron chi connectivity index (χ0n) is 11.4. The highest BCUT2D eigenvalue weighted by molar-refractivity contribution is 5.97. The Bertz CT molecular complexity index is 720. The van der Waals surface area contributed by atoms with Crippen molar-refractivity contribution < 1.29 is 19.2 Å². The second-order valence-electron chi connectivity index (χ2n) is 5.03. The summed E-state index contributed by atoms with van der Waals surface area (Å²) in [5, 5.41) is 15.1. The molecular weight excluding hydrogens is 272 g/mol. The molecule has 1 heterocycles. The van der Waals surface area contributed by atoms with Gasteiger partial charge < -0.3 is 14.9 Å². The summed E-state index contributed by atoms with van der Waals surface area (Å²) in [5.74, 6) is -1.01. The van der Waals surface area contributed by atoms with E-state index >= 15 is 0 Å². The summed E-state index contributed by atoms with van der Waals surface area (Å²) in [4.78, 5) is 22.9. The molecule has 1 aliphatic carbocycles. The number of nitrogens with zero attached hydrogens (tertiary/aromatic N) is 1. The first kappa shape index (κ1) is 13.4. The summed E-state index contributed by atoms with van der Waals surface area (Å²) in [6.07, 6.45) is 1.46. The maximum atomic E-state index is 12.1. The fourth-order valence-electron chi connectivity index (χ4n) is 2.48. The third-order valence-corrected chi connectivity index (χ3v) is 3.63. The molecule has 1 aromatic heterocycles. The number of nitrogens with one attached hydrogen (secondary N) is 1. The number of carbonyl (C=O) groups excluding carboxylic acids is 1. The van der Waals surface area contributed by atoms with Gasteiger partial charge in [-0.3, -0.25) is 9.59 Å². The van der Waals surface area contributed by atoms with Crippen LogP contribution in [0.15, 0.2) is 28.8 Å². The maximum Gasteiger partial charge on any atom is 0.325 e. The minimum atomic E-state index is -1.09. The van der Waals surface area contributed by atoms with Crippen LogP contribution in [-0.2, 0) is 17.6 Å². The fourth-order valence-corrected chi connectivity index (χ4v) is 2.48. The predicted octanol–water partition coefficient (Wildman–Crippen LogP) is 1.64. The molecule has 21 heavy (non-hydrogen) atoms. The van der Waals surface area contributed by atoms with Gasteiger partial charge in [-0.25, -0.2) is 0 Å². The van der Waals surface area contributed by atoms with Gasteiger partial charge in [-0.1, -0.05) is 29.4 Å². The summed E-state index contributed by atoms with van der Waals surface area (Å²) in [5.41, 5.74) is 3.01. The Balaban J connectivity index is 1.93. The Hall–Kier alpha value is -2.63. The van der Waals surface area contributed by atoms with E-state index in [1.807, 2.05) is 24.3 Å². The van der Waals surface area contributed by atoms with Gasteiger partial charge in [0.05, 0.1) is 0 Å². The third kappa shape index (κ3) is 2.29. The van der Waals surface area contributed by atoms with Gasteiger partial charge >= 0.3 is 5.97 Å². The molecule has 0 saturated heterocycles. The molecular formula is C15H14N2O4. The van der Waals surface area contributed by atoms with Crippen LogP contribution >= 0.6 is 0 Å². The number of carbonyl (C=O) groups is 2. The predicted molar refractivity (Wildman–Crippen MR) is 73.9 cm³/mol. The Kier molecular flexibility index (Phi) is 3.21. The first-order valence-corrected chi connectivity index (χ1v) is 6.68. The van der Waals surface area contributed by atoms with Gasteiger partial charge in [-0.05, 0) is 25.3 Å². The van der Waals surface area contributed by atoms with E-state index in [0.29, 0.717) is 12.2 Å². The molecule has 2 N–H and O–H groups in total. The number of hydrogen-bond acceptors (Lipinski definition) is 4. The maximum absolute atomic E-state index is 12.1. The number of carboxylic acid groups (broad SMARTS) is 1. The Morgan fingerprint density at radius 1 is 1.33 bits per heavy atom. The van der Waals surface area contributed by atoms with E-state index in [2.05, 4.69) is 10.5 Å². The molecule has 6 heteroatoms. The van der Waals surface area contributed by atoms with E-state index in [1.165, 1.54) is 6.92 Å². The van der Waals surface area contributed by atoms with Crippen molar-refractivity contribution in [3.63, 3.8) is 0 Å². The SMILES string of the molecule is C[C@@H](NC(=O)c1noc2c1CCc1ccccc1-2)C(=O)O. The van der Waals surface area contributed by atoms with E-state index in [-0.39, 0.29) is 5.69 Å². The number of aryl methyl sites for hydroxylation is 1. The van der Waals surface area contributed by atoms with Gasteiger partial charge in [0.15, 0.2) is 11.5 Å². The average molecular weight is 286 g/mol. The van der Waals surface area contributed by atoms with E-state index in [9.17, 15) is 9.59 Å². The first-order chi connectivity index (χ1) is 10.1. The zero-order valence-corrected chi connectivity index (χ0v) is 11.4. The van der Waals surface area contributed by atoms with Crippen molar-refractivity contribution in [2.45, 2.75) is 25.8 Å². The average Bonchev–Trinajstić information content (AvgIpc) is 2.91. The standard InChI is InChI=1S/C15H14N2O4/c1-8(15(19)20)16-14(18)12-11-7-6-9-4-2-3-5-10(9)13(11)21-17-12/h2-5,8H,6-7H2,1H3,(H,16,18)(H,19,20)/t8-/m1/s1. The van der Waals surface area contributed by atoms with Crippen molar-refractivity contribution in [2.24, 2.45) is 0 Å². The quantitative estimate of drug-likeness (QED) is 0.894. The van der Waals surface area contributed by atoms with E-state index in [4.69, 9.17) is 9.63 Å². The Morgan fingerprint density at radius 2 is 2.10 bits per heavy atom. The van der Waals surface area contributed by atoms with Crippen molar-refractivity contribution in [3.05, 3.63) is 41.1 Å². The molecule has 0 aliphatic heterocycles. The number of rotatable bonds is 3. The summed E-state index contributed by atoms with van der Waals surface area (Å²) < 4.78 is 5.32. The van der Waals surface area contributed by atoms with Gasteiger partial charge in [0.2, 0.25) is 0 Å². The largest absolute Gasteiger partial charge is 0.480 e. The Morgan fingerprint density at radius 3 is 2.86 bits per heavy atom. The van der Waals surface area contributed by atoms with E-state index in [0.717, 1.165) is 23.1 Å². The summed E-state index contributed by atoms with van der Waals surface area (Å²) in [7, 11) is 0. The topological polar surface area (TPSA) is 92.4 Å². The van der Waals surface area contributed by atoms with Gasteiger partial charge in [0, 0.05) is 11.1 Å². The van der Waals surface area contributed by atoms with Crippen LogP contribution in [0.1, 0.15) is 28.5 Å². The molecule has 0 bridgehead atoms. The van der Waals surface area contributed by atoms with Gasteiger partial charge in [-0.2, -0.15) is 0 Å². The highest BCUT2D eigenvalue weighted by Crippen LogP contribution is 2.34. The number of fused-ring (bicyclic) bond motifs is 3. The highest BCUT2D eigenvalue weighted by Gasteiger charge is 2.28. The normalized spacial score (nSPS) is 14.0. The van der Waals surface area contributed by atoms with Crippen LogP contribution in [0.4, 0.5) is 0 Å². The van der Waals surface area contributed by atoms with Gasteiger partial charge in [0.25, 0.3) is 5.91 Å². The molecule has 0 unspecified atom stereocenters. The van der Waals surface area contributed by atoms with Crippen molar-refractivity contribution >= 4 is 11.9 Å². The molecule has 1 amide bonds. The Labute approximate surface area is 120 Å². The van der Waals surface area contributed by atoms with Crippen molar-refractivity contribution in [1.82, 2.24) is 10.5 Å². The lowest BCUT2D eigenvalue weighted by Gasteiger charge is -2.14. The molecule has 108 valence electrons. The third-order valence-electron chi connectivity index (χ3n) is 3.63. The number of benzene rings is 1. The molecule has 1 aromatic carbocycles. The lowest BCUT2D eigenvalue weighted by molar-refractivity contribution is -0.138. The summed E-state index contributed by atoms with van der Waals surface area (Å²) >= 11 is 0. The monoisotopic (exact) mass is 286 g/mol. The molecule has 6 nitrogen and oxygen atoms in total. The second kappa shape index (κ2) is 5.05. The van der Waals surface area contributed by atoms with E-state index in [1.54, 1.807) is 0 Å². The molecule has 0 fully saturated rings.